The van der Waals surface area contributed by atoms with Crippen molar-refractivity contribution in [2.45, 2.75) is 25.7 Å². The van der Waals surface area contributed by atoms with Crippen molar-refractivity contribution < 1.29 is 14.6 Å². The van der Waals surface area contributed by atoms with E-state index in [1.165, 1.54) is 31.7 Å². The van der Waals surface area contributed by atoms with Crippen LogP contribution >= 0.6 is 11.8 Å². The van der Waals surface area contributed by atoms with Crippen molar-refractivity contribution in [1.29, 1.82) is 0 Å². The Labute approximate surface area is 140 Å². The van der Waals surface area contributed by atoms with Crippen molar-refractivity contribution >= 4 is 28.9 Å². The van der Waals surface area contributed by atoms with E-state index in [2.05, 4.69) is 9.89 Å². The molecular formula is C17H20N2O3S. The van der Waals surface area contributed by atoms with E-state index in [0.29, 0.717) is 16.2 Å². The van der Waals surface area contributed by atoms with E-state index in [1.54, 1.807) is 24.3 Å². The fourth-order valence-electron chi connectivity index (χ4n) is 2.76. The summed E-state index contributed by atoms with van der Waals surface area (Å²) in [5, 5.41) is 10.9. The van der Waals surface area contributed by atoms with E-state index in [-0.39, 0.29) is 11.7 Å². The predicted octanol–water partition coefficient (Wildman–Crippen LogP) is 3.25. The maximum Gasteiger partial charge on any atom is 0.286 e. The van der Waals surface area contributed by atoms with Gasteiger partial charge >= 0.3 is 0 Å². The van der Waals surface area contributed by atoms with E-state index < -0.39 is 0 Å². The van der Waals surface area contributed by atoms with E-state index in [0.717, 1.165) is 31.1 Å². The average Bonchev–Trinajstić information content (AvgIpc) is 2.77. The number of aliphatic imine (C=N–C) groups is 1. The van der Waals surface area contributed by atoms with Crippen molar-refractivity contribution in [2.24, 2.45) is 4.99 Å². The van der Waals surface area contributed by atoms with Crippen LogP contribution in [0.1, 0.15) is 31.2 Å². The normalized spacial score (nSPS) is 20.6. The number of para-hydroxylation sites is 1. The zero-order chi connectivity index (χ0) is 16.2. The second kappa shape index (κ2) is 7.08. The molecule has 2 aliphatic heterocycles. The number of phenols is 1. The standard InChI is InChI=1S/C17H20N2O3S/c1-22-13-8-6-7-12(15(13)20)11-14-16(21)18-17(23-14)19-9-4-2-3-5-10-19/h6-8,11,20H,2-5,9-10H2,1H3/b14-11-. The fourth-order valence-corrected chi connectivity index (χ4v) is 3.71. The van der Waals surface area contributed by atoms with Crippen molar-refractivity contribution in [3.63, 3.8) is 0 Å². The zero-order valence-electron chi connectivity index (χ0n) is 13.1. The number of aromatic hydroxyl groups is 1. The summed E-state index contributed by atoms with van der Waals surface area (Å²) in [6, 6.07) is 5.22. The van der Waals surface area contributed by atoms with Gasteiger partial charge in [0.15, 0.2) is 16.7 Å². The fraction of sp³-hybridized carbons (Fsp3) is 0.412. The van der Waals surface area contributed by atoms with Crippen LogP contribution in [0.15, 0.2) is 28.1 Å². The van der Waals surface area contributed by atoms with E-state index in [9.17, 15) is 9.90 Å². The second-order valence-corrected chi connectivity index (χ2v) is 6.62. The van der Waals surface area contributed by atoms with Gasteiger partial charge in [0.2, 0.25) is 0 Å². The molecule has 1 aromatic carbocycles. The molecule has 0 atom stereocenters. The number of carbonyl (C=O) groups excluding carboxylic acids is 1. The van der Waals surface area contributed by atoms with Gasteiger partial charge in [0.1, 0.15) is 0 Å². The molecule has 6 heteroatoms. The van der Waals surface area contributed by atoms with Crippen molar-refractivity contribution in [2.75, 3.05) is 20.2 Å². The molecule has 23 heavy (non-hydrogen) atoms. The van der Waals surface area contributed by atoms with Gasteiger partial charge in [-0.3, -0.25) is 4.79 Å². The lowest BCUT2D eigenvalue weighted by molar-refractivity contribution is -0.113. The Kier molecular flexibility index (Phi) is 4.91. The molecule has 5 nitrogen and oxygen atoms in total. The molecule has 0 spiro atoms. The molecule has 0 saturated carbocycles. The molecule has 0 aliphatic carbocycles. The third kappa shape index (κ3) is 3.52. The quantitative estimate of drug-likeness (QED) is 0.842. The molecule has 1 N–H and O–H groups in total. The first-order valence-corrected chi connectivity index (χ1v) is 8.64. The molecule has 3 rings (SSSR count). The van der Waals surface area contributed by atoms with Gasteiger partial charge in [-0.15, -0.1) is 0 Å². The average molecular weight is 332 g/mol. The van der Waals surface area contributed by atoms with E-state index in [4.69, 9.17) is 4.74 Å². The third-order valence-electron chi connectivity index (χ3n) is 4.02. The Morgan fingerprint density at radius 3 is 2.70 bits per heavy atom. The molecule has 1 aromatic rings. The number of thioether (sulfide) groups is 1. The van der Waals surface area contributed by atoms with Crippen LogP contribution in [-0.2, 0) is 4.79 Å². The van der Waals surface area contributed by atoms with Crippen LogP contribution < -0.4 is 4.74 Å². The highest BCUT2D eigenvalue weighted by molar-refractivity contribution is 8.18. The number of ether oxygens (including phenoxy) is 1. The molecular weight excluding hydrogens is 312 g/mol. The summed E-state index contributed by atoms with van der Waals surface area (Å²) in [6.45, 7) is 1.91. The van der Waals surface area contributed by atoms with E-state index in [1.807, 2.05) is 0 Å². The van der Waals surface area contributed by atoms with Gasteiger partial charge in [-0.1, -0.05) is 25.0 Å². The van der Waals surface area contributed by atoms with Gasteiger partial charge in [-0.25, -0.2) is 0 Å². The van der Waals surface area contributed by atoms with Crippen LogP contribution in [0.5, 0.6) is 11.5 Å². The first kappa shape index (κ1) is 15.9. The summed E-state index contributed by atoms with van der Waals surface area (Å²) >= 11 is 1.39. The van der Waals surface area contributed by atoms with Crippen LogP contribution in [-0.4, -0.2) is 41.3 Å². The molecule has 2 aliphatic rings. The lowest BCUT2D eigenvalue weighted by Gasteiger charge is -2.20. The zero-order valence-corrected chi connectivity index (χ0v) is 13.9. The number of likely N-dealkylation sites (tertiary alicyclic amines) is 1. The first-order chi connectivity index (χ1) is 11.2. The number of rotatable bonds is 2. The first-order valence-electron chi connectivity index (χ1n) is 7.82. The molecule has 0 bridgehead atoms. The van der Waals surface area contributed by atoms with Crippen LogP contribution in [0.2, 0.25) is 0 Å². The monoisotopic (exact) mass is 332 g/mol. The molecule has 1 amide bonds. The van der Waals surface area contributed by atoms with Gasteiger partial charge in [-0.2, -0.15) is 4.99 Å². The molecule has 1 saturated heterocycles. The van der Waals surface area contributed by atoms with Crippen LogP contribution in [0.3, 0.4) is 0 Å². The molecule has 122 valence electrons. The molecule has 2 heterocycles. The predicted molar refractivity (Wildman–Crippen MR) is 92.7 cm³/mol. The minimum atomic E-state index is -0.239. The molecule has 1 fully saturated rings. The lowest BCUT2D eigenvalue weighted by Crippen LogP contribution is -2.28. The maximum absolute atomic E-state index is 12.2. The summed E-state index contributed by atoms with van der Waals surface area (Å²) < 4.78 is 5.10. The molecule has 0 unspecified atom stereocenters. The summed E-state index contributed by atoms with van der Waals surface area (Å²) in [4.78, 5) is 19.1. The Bertz CT molecular complexity index is 662. The Hall–Kier alpha value is -1.95. The number of nitrogens with zero attached hydrogens (tertiary/aromatic N) is 2. The van der Waals surface area contributed by atoms with E-state index >= 15 is 0 Å². The highest BCUT2D eigenvalue weighted by atomic mass is 32.2. The minimum absolute atomic E-state index is 0.0409. The number of amidine groups is 1. The largest absolute Gasteiger partial charge is 0.504 e. The maximum atomic E-state index is 12.2. The highest BCUT2D eigenvalue weighted by Crippen LogP contribution is 2.35. The molecule has 0 radical (unpaired) electrons. The minimum Gasteiger partial charge on any atom is -0.504 e. The number of amides is 1. The number of methoxy groups -OCH3 is 1. The Morgan fingerprint density at radius 1 is 1.26 bits per heavy atom. The second-order valence-electron chi connectivity index (χ2n) is 5.61. The Morgan fingerprint density at radius 2 is 2.00 bits per heavy atom. The topological polar surface area (TPSA) is 62.1 Å². The SMILES string of the molecule is COc1cccc(/C=C2\SC(N3CCCCCC3)=NC2=O)c1O. The van der Waals surface area contributed by atoms with Gasteiger partial charge in [0.25, 0.3) is 5.91 Å². The number of phenolic OH excluding ortho intramolecular Hbond substituents is 1. The summed E-state index contributed by atoms with van der Waals surface area (Å²) in [5.74, 6) is 0.194. The van der Waals surface area contributed by atoms with Crippen molar-refractivity contribution in [3.8, 4) is 11.5 Å². The van der Waals surface area contributed by atoms with Crippen LogP contribution in [0, 0.1) is 0 Å². The van der Waals surface area contributed by atoms with Crippen molar-refractivity contribution in [1.82, 2.24) is 4.90 Å². The smallest absolute Gasteiger partial charge is 0.286 e. The summed E-state index contributed by atoms with van der Waals surface area (Å²) in [6.07, 6.45) is 6.44. The summed E-state index contributed by atoms with van der Waals surface area (Å²) in [7, 11) is 1.50. The van der Waals surface area contributed by atoms with Gasteiger partial charge in [-0.05, 0) is 36.7 Å². The lowest BCUT2D eigenvalue weighted by atomic mass is 10.1. The van der Waals surface area contributed by atoms with Crippen molar-refractivity contribution in [3.05, 3.63) is 28.7 Å². The number of carbonyl (C=O) groups is 1. The highest BCUT2D eigenvalue weighted by Gasteiger charge is 2.26. The van der Waals surface area contributed by atoms with Crippen LogP contribution in [0.4, 0.5) is 0 Å². The number of hydrogen-bond acceptors (Lipinski definition) is 5. The van der Waals surface area contributed by atoms with Gasteiger partial charge in [0, 0.05) is 18.7 Å². The summed E-state index contributed by atoms with van der Waals surface area (Å²) in [5.41, 5.74) is 0.563. The number of hydrogen-bond donors (Lipinski definition) is 1. The molecule has 0 aromatic heterocycles. The number of benzene rings is 1. The van der Waals surface area contributed by atoms with Gasteiger partial charge < -0.3 is 14.7 Å². The Balaban J connectivity index is 1.79. The third-order valence-corrected chi connectivity index (χ3v) is 5.07. The van der Waals surface area contributed by atoms with Crippen LogP contribution in [0.25, 0.3) is 6.08 Å². The van der Waals surface area contributed by atoms with Gasteiger partial charge in [0.05, 0.1) is 12.0 Å².